The van der Waals surface area contributed by atoms with Crippen molar-refractivity contribution in [1.82, 2.24) is 0 Å². The van der Waals surface area contributed by atoms with E-state index in [2.05, 4.69) is 0 Å². The first-order chi connectivity index (χ1) is 9.16. The second kappa shape index (κ2) is 6.45. The van der Waals surface area contributed by atoms with Crippen LogP contribution in [0.3, 0.4) is 0 Å². The Labute approximate surface area is 113 Å². The molecule has 1 saturated carbocycles. The molecule has 0 spiro atoms. The van der Waals surface area contributed by atoms with Gasteiger partial charge in [-0.25, -0.2) is 0 Å². The molecular formula is C15H19NO3. The van der Waals surface area contributed by atoms with Crippen LogP contribution in [0, 0.1) is 16.0 Å². The molecule has 4 heteroatoms. The van der Waals surface area contributed by atoms with Gasteiger partial charge in [0.25, 0.3) is 5.69 Å². The molecule has 1 aromatic rings. The fraction of sp³-hybridized carbons (Fsp3) is 0.533. The lowest BCUT2D eigenvalue weighted by Gasteiger charge is -2.07. The van der Waals surface area contributed by atoms with E-state index in [4.69, 9.17) is 0 Å². The minimum Gasteiger partial charge on any atom is -0.299 e. The van der Waals surface area contributed by atoms with Crippen molar-refractivity contribution >= 4 is 11.5 Å². The Bertz CT molecular complexity index is 464. The molecule has 0 amide bonds. The van der Waals surface area contributed by atoms with Crippen LogP contribution in [0.1, 0.15) is 44.1 Å². The van der Waals surface area contributed by atoms with E-state index in [0.29, 0.717) is 17.9 Å². The zero-order valence-corrected chi connectivity index (χ0v) is 11.0. The summed E-state index contributed by atoms with van der Waals surface area (Å²) in [5.41, 5.74) is 0.584. The van der Waals surface area contributed by atoms with Crippen LogP contribution in [0.15, 0.2) is 24.3 Å². The van der Waals surface area contributed by atoms with E-state index >= 15 is 0 Å². The van der Waals surface area contributed by atoms with Crippen LogP contribution in [0.25, 0.3) is 0 Å². The first-order valence-corrected chi connectivity index (χ1v) is 6.91. The highest BCUT2D eigenvalue weighted by atomic mass is 16.6. The Morgan fingerprint density at radius 1 is 1.26 bits per heavy atom. The minimum absolute atomic E-state index is 0.0525. The van der Waals surface area contributed by atoms with Crippen LogP contribution in [0.2, 0.25) is 0 Å². The number of carbonyl (C=O) groups is 1. The van der Waals surface area contributed by atoms with Gasteiger partial charge in [-0.05, 0) is 12.3 Å². The molecule has 102 valence electrons. The van der Waals surface area contributed by atoms with Gasteiger partial charge in [0.2, 0.25) is 0 Å². The van der Waals surface area contributed by atoms with Crippen LogP contribution in [-0.2, 0) is 11.2 Å². The molecule has 0 radical (unpaired) electrons. The van der Waals surface area contributed by atoms with E-state index in [0.717, 1.165) is 6.42 Å². The van der Waals surface area contributed by atoms with Gasteiger partial charge in [-0.1, -0.05) is 43.9 Å². The lowest BCUT2D eigenvalue weighted by molar-refractivity contribution is -0.385. The summed E-state index contributed by atoms with van der Waals surface area (Å²) in [7, 11) is 0. The second-order valence-corrected chi connectivity index (χ2v) is 5.29. The highest BCUT2D eigenvalue weighted by Crippen LogP contribution is 2.29. The standard InChI is InChI=1S/C15H19NO3/c17-14(10-9-12-5-1-2-6-12)11-13-7-3-4-8-15(13)16(18)19/h3-4,7-8,12H,1-2,5-6,9-11H2. The molecule has 0 aromatic heterocycles. The van der Waals surface area contributed by atoms with Crippen molar-refractivity contribution in [2.24, 2.45) is 5.92 Å². The third kappa shape index (κ3) is 3.88. The maximum Gasteiger partial charge on any atom is 0.273 e. The Hall–Kier alpha value is -1.71. The van der Waals surface area contributed by atoms with Gasteiger partial charge < -0.3 is 0 Å². The summed E-state index contributed by atoms with van der Waals surface area (Å²) in [5.74, 6) is 0.802. The average molecular weight is 261 g/mol. The third-order valence-corrected chi connectivity index (χ3v) is 3.88. The monoisotopic (exact) mass is 261 g/mol. The molecule has 0 unspecified atom stereocenters. The molecule has 0 heterocycles. The highest BCUT2D eigenvalue weighted by Gasteiger charge is 2.18. The Kier molecular flexibility index (Phi) is 4.66. The molecule has 1 aliphatic carbocycles. The lowest BCUT2D eigenvalue weighted by atomic mass is 9.97. The molecule has 2 rings (SSSR count). The van der Waals surface area contributed by atoms with Gasteiger partial charge in [0.05, 0.1) is 4.92 Å². The number of hydrogen-bond acceptors (Lipinski definition) is 3. The van der Waals surface area contributed by atoms with E-state index in [9.17, 15) is 14.9 Å². The topological polar surface area (TPSA) is 60.2 Å². The van der Waals surface area contributed by atoms with Gasteiger partial charge in [0.15, 0.2) is 0 Å². The minimum atomic E-state index is -0.417. The Morgan fingerprint density at radius 3 is 2.63 bits per heavy atom. The molecule has 4 nitrogen and oxygen atoms in total. The summed E-state index contributed by atoms with van der Waals surface area (Å²) in [5, 5.41) is 10.9. The summed E-state index contributed by atoms with van der Waals surface area (Å²) >= 11 is 0. The molecule has 19 heavy (non-hydrogen) atoms. The SMILES string of the molecule is O=C(CCC1CCCC1)Cc1ccccc1[N+](=O)[O-]. The molecule has 0 aliphatic heterocycles. The van der Waals surface area contributed by atoms with Crippen LogP contribution < -0.4 is 0 Å². The zero-order valence-electron chi connectivity index (χ0n) is 11.0. The van der Waals surface area contributed by atoms with Crippen LogP contribution >= 0.6 is 0 Å². The molecule has 0 atom stereocenters. The summed E-state index contributed by atoms with van der Waals surface area (Å²) in [6, 6.07) is 6.50. The van der Waals surface area contributed by atoms with Crippen LogP contribution in [-0.4, -0.2) is 10.7 Å². The van der Waals surface area contributed by atoms with E-state index in [1.165, 1.54) is 31.7 Å². The summed E-state index contributed by atoms with van der Waals surface area (Å²) in [6.07, 6.45) is 6.71. The maximum atomic E-state index is 11.9. The number of para-hydroxylation sites is 1. The predicted octanol–water partition coefficient (Wildman–Crippen LogP) is 3.68. The third-order valence-electron chi connectivity index (χ3n) is 3.88. The molecule has 0 N–H and O–H groups in total. The lowest BCUT2D eigenvalue weighted by Crippen LogP contribution is -2.07. The largest absolute Gasteiger partial charge is 0.299 e. The van der Waals surface area contributed by atoms with E-state index in [1.807, 2.05) is 0 Å². The number of nitro benzene ring substituents is 1. The van der Waals surface area contributed by atoms with Gasteiger partial charge in [0.1, 0.15) is 5.78 Å². The van der Waals surface area contributed by atoms with Crippen molar-refractivity contribution in [3.05, 3.63) is 39.9 Å². The average Bonchev–Trinajstić information content (AvgIpc) is 2.90. The molecule has 0 bridgehead atoms. The van der Waals surface area contributed by atoms with Crippen LogP contribution in [0.4, 0.5) is 5.69 Å². The highest BCUT2D eigenvalue weighted by molar-refractivity contribution is 5.81. The number of ketones is 1. The van der Waals surface area contributed by atoms with Crippen molar-refractivity contribution in [1.29, 1.82) is 0 Å². The maximum absolute atomic E-state index is 11.9. The van der Waals surface area contributed by atoms with E-state index in [1.54, 1.807) is 18.2 Å². The zero-order chi connectivity index (χ0) is 13.7. The van der Waals surface area contributed by atoms with Gasteiger partial charge >= 0.3 is 0 Å². The first kappa shape index (κ1) is 13.7. The van der Waals surface area contributed by atoms with Crippen molar-refractivity contribution in [3.63, 3.8) is 0 Å². The normalized spacial score (nSPS) is 15.6. The number of hydrogen-bond donors (Lipinski definition) is 0. The van der Waals surface area contributed by atoms with E-state index < -0.39 is 4.92 Å². The summed E-state index contributed by atoms with van der Waals surface area (Å²) < 4.78 is 0. The van der Waals surface area contributed by atoms with Gasteiger partial charge in [-0.3, -0.25) is 14.9 Å². The predicted molar refractivity (Wildman–Crippen MR) is 73.0 cm³/mol. The van der Waals surface area contributed by atoms with Crippen molar-refractivity contribution in [3.8, 4) is 0 Å². The number of nitrogens with zero attached hydrogens (tertiary/aromatic N) is 1. The van der Waals surface area contributed by atoms with Crippen molar-refractivity contribution < 1.29 is 9.72 Å². The molecule has 1 aromatic carbocycles. The second-order valence-electron chi connectivity index (χ2n) is 5.29. The molecular weight excluding hydrogens is 242 g/mol. The quantitative estimate of drug-likeness (QED) is 0.579. The number of rotatable bonds is 6. The first-order valence-electron chi connectivity index (χ1n) is 6.91. The Balaban J connectivity index is 1.89. The van der Waals surface area contributed by atoms with Crippen LogP contribution in [0.5, 0.6) is 0 Å². The fourth-order valence-electron chi connectivity index (χ4n) is 2.80. The van der Waals surface area contributed by atoms with Crippen molar-refractivity contribution in [2.45, 2.75) is 44.9 Å². The number of carbonyl (C=O) groups excluding carboxylic acids is 1. The van der Waals surface area contributed by atoms with Gasteiger partial charge in [-0.15, -0.1) is 0 Å². The van der Waals surface area contributed by atoms with Gasteiger partial charge in [-0.2, -0.15) is 0 Å². The summed E-state index contributed by atoms with van der Waals surface area (Å²) in [6.45, 7) is 0. The molecule has 0 saturated heterocycles. The smallest absolute Gasteiger partial charge is 0.273 e. The Morgan fingerprint density at radius 2 is 1.95 bits per heavy atom. The summed E-state index contributed by atoms with van der Waals surface area (Å²) in [4.78, 5) is 22.4. The number of Topliss-reactive ketones (excluding diaryl/α,β-unsaturated/α-hetero) is 1. The fourth-order valence-corrected chi connectivity index (χ4v) is 2.80. The van der Waals surface area contributed by atoms with Gasteiger partial charge in [0, 0.05) is 24.5 Å². The molecule has 1 fully saturated rings. The number of nitro groups is 1. The van der Waals surface area contributed by atoms with Crippen molar-refractivity contribution in [2.75, 3.05) is 0 Å². The van der Waals surface area contributed by atoms with E-state index in [-0.39, 0.29) is 17.9 Å². The molecule has 1 aliphatic rings. The number of benzene rings is 1.